The van der Waals surface area contributed by atoms with Crippen molar-refractivity contribution in [3.05, 3.63) is 36.2 Å². The minimum atomic E-state index is 0.561. The summed E-state index contributed by atoms with van der Waals surface area (Å²) in [5, 5.41) is 0. The summed E-state index contributed by atoms with van der Waals surface area (Å²) in [6, 6.07) is 6.18. The predicted octanol–water partition coefficient (Wildman–Crippen LogP) is 2.21. The van der Waals surface area contributed by atoms with Crippen molar-refractivity contribution in [2.75, 3.05) is 0 Å². The standard InChI is InChI=1S/C11H10N2O/c1-8-2-3-9-10(6-8)14-7-13-5-4-12-11(9)13/h2-6H,7H2,1H3. The highest BCUT2D eigenvalue weighted by Crippen LogP contribution is 2.33. The minimum Gasteiger partial charge on any atom is -0.472 e. The van der Waals surface area contributed by atoms with E-state index in [0.717, 1.165) is 17.1 Å². The largest absolute Gasteiger partial charge is 0.472 e. The summed E-state index contributed by atoms with van der Waals surface area (Å²) in [6.45, 7) is 2.62. The molecule has 0 spiro atoms. The lowest BCUT2D eigenvalue weighted by Gasteiger charge is -2.19. The molecule has 2 heterocycles. The fraction of sp³-hybridized carbons (Fsp3) is 0.182. The molecular formula is C11H10N2O. The van der Waals surface area contributed by atoms with E-state index in [4.69, 9.17) is 4.74 Å². The van der Waals surface area contributed by atoms with Gasteiger partial charge in [0, 0.05) is 12.4 Å². The second-order valence-electron chi connectivity index (χ2n) is 3.49. The van der Waals surface area contributed by atoms with Gasteiger partial charge in [0.05, 0.1) is 5.56 Å². The highest BCUT2D eigenvalue weighted by Gasteiger charge is 2.16. The molecule has 70 valence electrons. The van der Waals surface area contributed by atoms with Crippen molar-refractivity contribution < 1.29 is 4.74 Å². The van der Waals surface area contributed by atoms with Gasteiger partial charge in [0.2, 0.25) is 0 Å². The van der Waals surface area contributed by atoms with Crippen molar-refractivity contribution in [3.8, 4) is 17.1 Å². The highest BCUT2D eigenvalue weighted by atomic mass is 16.5. The Morgan fingerprint density at radius 3 is 3.29 bits per heavy atom. The molecule has 0 aliphatic carbocycles. The van der Waals surface area contributed by atoms with Gasteiger partial charge in [-0.1, -0.05) is 6.07 Å². The summed E-state index contributed by atoms with van der Waals surface area (Å²) < 4.78 is 7.61. The first kappa shape index (κ1) is 7.62. The number of hydrogen-bond acceptors (Lipinski definition) is 2. The molecule has 0 saturated heterocycles. The lowest BCUT2D eigenvalue weighted by molar-refractivity contribution is 0.229. The Balaban J connectivity index is 2.26. The summed E-state index contributed by atoms with van der Waals surface area (Å²) in [5.41, 5.74) is 2.29. The number of imidazole rings is 1. The maximum absolute atomic E-state index is 5.61. The van der Waals surface area contributed by atoms with Crippen LogP contribution in [0.5, 0.6) is 5.75 Å². The second-order valence-corrected chi connectivity index (χ2v) is 3.49. The van der Waals surface area contributed by atoms with Crippen LogP contribution < -0.4 is 4.74 Å². The lowest BCUT2D eigenvalue weighted by atomic mass is 10.1. The zero-order valence-corrected chi connectivity index (χ0v) is 7.90. The third-order valence-electron chi connectivity index (χ3n) is 2.45. The predicted molar refractivity (Wildman–Crippen MR) is 53.0 cm³/mol. The van der Waals surface area contributed by atoms with Crippen LogP contribution in [0.25, 0.3) is 11.4 Å². The molecule has 3 nitrogen and oxygen atoms in total. The first-order valence-corrected chi connectivity index (χ1v) is 4.59. The SMILES string of the molecule is Cc1ccc2c(c1)OCn1ccnc1-2. The fourth-order valence-electron chi connectivity index (χ4n) is 1.73. The zero-order valence-electron chi connectivity index (χ0n) is 7.90. The van der Waals surface area contributed by atoms with Gasteiger partial charge in [-0.25, -0.2) is 4.98 Å². The summed E-state index contributed by atoms with van der Waals surface area (Å²) in [5.74, 6) is 1.93. The fourth-order valence-corrected chi connectivity index (χ4v) is 1.73. The van der Waals surface area contributed by atoms with E-state index in [0.29, 0.717) is 6.73 Å². The lowest BCUT2D eigenvalue weighted by Crippen LogP contribution is -2.12. The van der Waals surface area contributed by atoms with Crippen molar-refractivity contribution in [2.24, 2.45) is 0 Å². The molecule has 0 bridgehead atoms. The van der Waals surface area contributed by atoms with Crippen LogP contribution in [-0.2, 0) is 6.73 Å². The molecule has 0 saturated carbocycles. The molecular weight excluding hydrogens is 176 g/mol. The molecule has 2 aromatic rings. The van der Waals surface area contributed by atoms with Crippen LogP contribution in [0.1, 0.15) is 5.56 Å². The van der Waals surface area contributed by atoms with E-state index >= 15 is 0 Å². The molecule has 0 N–H and O–H groups in total. The highest BCUT2D eigenvalue weighted by molar-refractivity contribution is 5.66. The van der Waals surface area contributed by atoms with Gasteiger partial charge < -0.3 is 4.74 Å². The van der Waals surface area contributed by atoms with Crippen LogP contribution in [0.4, 0.5) is 0 Å². The molecule has 3 rings (SSSR count). The quantitative estimate of drug-likeness (QED) is 0.630. The Bertz CT molecular complexity index is 488. The van der Waals surface area contributed by atoms with Crippen molar-refractivity contribution in [2.45, 2.75) is 13.7 Å². The van der Waals surface area contributed by atoms with Crippen LogP contribution in [0.2, 0.25) is 0 Å². The van der Waals surface area contributed by atoms with E-state index in [1.807, 2.05) is 16.8 Å². The summed E-state index contributed by atoms with van der Waals surface area (Å²) in [7, 11) is 0. The number of benzene rings is 1. The maximum Gasteiger partial charge on any atom is 0.166 e. The molecule has 1 aromatic heterocycles. The molecule has 1 aliphatic heterocycles. The number of hydrogen-bond donors (Lipinski definition) is 0. The molecule has 14 heavy (non-hydrogen) atoms. The van der Waals surface area contributed by atoms with Crippen molar-refractivity contribution in [3.63, 3.8) is 0 Å². The third kappa shape index (κ3) is 0.954. The van der Waals surface area contributed by atoms with E-state index in [-0.39, 0.29) is 0 Å². The maximum atomic E-state index is 5.61. The Morgan fingerprint density at radius 2 is 2.36 bits per heavy atom. The van der Waals surface area contributed by atoms with Crippen molar-refractivity contribution in [1.82, 2.24) is 9.55 Å². The van der Waals surface area contributed by atoms with E-state index in [1.54, 1.807) is 6.20 Å². The third-order valence-corrected chi connectivity index (χ3v) is 2.45. The van der Waals surface area contributed by atoms with Crippen LogP contribution in [-0.4, -0.2) is 9.55 Å². The Labute approximate surface area is 82.0 Å². The van der Waals surface area contributed by atoms with Gasteiger partial charge in [0.25, 0.3) is 0 Å². The first-order valence-electron chi connectivity index (χ1n) is 4.59. The summed E-state index contributed by atoms with van der Waals surface area (Å²) in [4.78, 5) is 4.31. The van der Waals surface area contributed by atoms with E-state index < -0.39 is 0 Å². The van der Waals surface area contributed by atoms with E-state index in [9.17, 15) is 0 Å². The summed E-state index contributed by atoms with van der Waals surface area (Å²) >= 11 is 0. The molecule has 0 radical (unpaired) electrons. The molecule has 0 amide bonds. The van der Waals surface area contributed by atoms with Gasteiger partial charge >= 0.3 is 0 Å². The van der Waals surface area contributed by atoms with Crippen molar-refractivity contribution in [1.29, 1.82) is 0 Å². The van der Waals surface area contributed by atoms with Crippen LogP contribution in [0, 0.1) is 6.92 Å². The Kier molecular flexibility index (Phi) is 1.42. The monoisotopic (exact) mass is 186 g/mol. The average Bonchev–Trinajstić information content (AvgIpc) is 2.65. The summed E-state index contributed by atoms with van der Waals surface area (Å²) in [6.07, 6.45) is 3.73. The van der Waals surface area contributed by atoms with Gasteiger partial charge in [-0.2, -0.15) is 0 Å². The number of rotatable bonds is 0. The van der Waals surface area contributed by atoms with Crippen LogP contribution >= 0.6 is 0 Å². The van der Waals surface area contributed by atoms with Crippen LogP contribution in [0.15, 0.2) is 30.6 Å². The number of nitrogens with zero attached hydrogens (tertiary/aromatic N) is 2. The Hall–Kier alpha value is -1.77. The first-order chi connectivity index (χ1) is 6.84. The Morgan fingerprint density at radius 1 is 1.43 bits per heavy atom. The van der Waals surface area contributed by atoms with E-state index in [2.05, 4.69) is 24.0 Å². The molecule has 1 aliphatic rings. The number of aromatic nitrogens is 2. The van der Waals surface area contributed by atoms with Gasteiger partial charge in [-0.05, 0) is 24.6 Å². The van der Waals surface area contributed by atoms with E-state index in [1.165, 1.54) is 5.56 Å². The molecule has 0 unspecified atom stereocenters. The van der Waals surface area contributed by atoms with Gasteiger partial charge in [-0.15, -0.1) is 0 Å². The van der Waals surface area contributed by atoms with Crippen molar-refractivity contribution >= 4 is 0 Å². The normalized spacial score (nSPS) is 12.9. The molecule has 3 heteroatoms. The van der Waals surface area contributed by atoms with Crippen LogP contribution in [0.3, 0.4) is 0 Å². The van der Waals surface area contributed by atoms with Gasteiger partial charge in [0.15, 0.2) is 6.73 Å². The average molecular weight is 186 g/mol. The number of aryl methyl sites for hydroxylation is 1. The minimum absolute atomic E-state index is 0.561. The van der Waals surface area contributed by atoms with Gasteiger partial charge in [0.1, 0.15) is 11.6 Å². The van der Waals surface area contributed by atoms with Gasteiger partial charge in [-0.3, -0.25) is 4.57 Å². The topological polar surface area (TPSA) is 27.1 Å². The second kappa shape index (κ2) is 2.61. The molecule has 1 aromatic carbocycles. The molecule has 0 fully saturated rings. The smallest absolute Gasteiger partial charge is 0.166 e. The molecule has 0 atom stereocenters. The number of ether oxygens (including phenoxy) is 1. The zero-order chi connectivity index (χ0) is 9.54. The number of fused-ring (bicyclic) bond motifs is 3.